The van der Waals surface area contributed by atoms with Crippen LogP contribution >= 0.6 is 0 Å². The molecule has 1 aromatic carbocycles. The second kappa shape index (κ2) is 4.49. The second-order valence-electron chi connectivity index (χ2n) is 3.93. The van der Waals surface area contributed by atoms with Gasteiger partial charge in [0.15, 0.2) is 0 Å². The number of hydrogen-bond donors (Lipinski definition) is 1. The molecule has 0 spiro atoms. The smallest absolute Gasteiger partial charge is 0.294 e. The van der Waals surface area contributed by atoms with Crippen molar-refractivity contribution in [3.05, 3.63) is 29.5 Å². The van der Waals surface area contributed by atoms with E-state index in [9.17, 15) is 0 Å². The first-order valence-electron chi connectivity index (χ1n) is 5.44. The van der Waals surface area contributed by atoms with Crippen molar-refractivity contribution in [1.29, 1.82) is 0 Å². The second-order valence-corrected chi connectivity index (χ2v) is 3.93. The van der Waals surface area contributed by atoms with E-state index < -0.39 is 0 Å². The molecule has 1 heterocycles. The molecule has 1 aromatic heterocycles. The Morgan fingerprint density at radius 1 is 1.24 bits per heavy atom. The standard InChI is InChI=1S/C13H16N2O2/c1-8-5-10(6-9(2)12(8)16-4)11-7-17-13(14-3)15-11/h5-7H,1-4H3,(H,14,15). The van der Waals surface area contributed by atoms with E-state index in [1.807, 2.05) is 26.0 Å². The summed E-state index contributed by atoms with van der Waals surface area (Å²) >= 11 is 0. The van der Waals surface area contributed by atoms with Gasteiger partial charge in [-0.3, -0.25) is 0 Å². The van der Waals surface area contributed by atoms with Crippen LogP contribution in [0.2, 0.25) is 0 Å². The van der Waals surface area contributed by atoms with Crippen LogP contribution in [0, 0.1) is 13.8 Å². The Bertz CT molecular complexity index is 509. The van der Waals surface area contributed by atoms with Crippen LogP contribution in [0.5, 0.6) is 5.75 Å². The molecule has 0 atom stereocenters. The largest absolute Gasteiger partial charge is 0.496 e. The molecule has 0 amide bonds. The van der Waals surface area contributed by atoms with E-state index >= 15 is 0 Å². The van der Waals surface area contributed by atoms with Crippen LogP contribution in [0.15, 0.2) is 22.8 Å². The number of aromatic nitrogens is 1. The Hall–Kier alpha value is -1.97. The number of nitrogens with one attached hydrogen (secondary N) is 1. The van der Waals surface area contributed by atoms with Crippen molar-refractivity contribution >= 4 is 6.01 Å². The maximum atomic E-state index is 5.34. The molecule has 1 N–H and O–H groups in total. The van der Waals surface area contributed by atoms with Gasteiger partial charge in [-0.25, -0.2) is 0 Å². The number of anilines is 1. The van der Waals surface area contributed by atoms with E-state index in [1.54, 1.807) is 20.4 Å². The molecule has 17 heavy (non-hydrogen) atoms. The number of methoxy groups -OCH3 is 1. The predicted molar refractivity (Wildman–Crippen MR) is 67.5 cm³/mol. The van der Waals surface area contributed by atoms with Crippen molar-refractivity contribution in [3.8, 4) is 17.0 Å². The van der Waals surface area contributed by atoms with Gasteiger partial charge in [0.05, 0.1) is 7.11 Å². The normalized spacial score (nSPS) is 10.4. The number of nitrogens with zero attached hydrogens (tertiary/aromatic N) is 1. The Balaban J connectivity index is 2.46. The zero-order valence-corrected chi connectivity index (χ0v) is 10.5. The Labute approximate surface area is 101 Å². The highest BCUT2D eigenvalue weighted by Crippen LogP contribution is 2.29. The fourth-order valence-electron chi connectivity index (χ4n) is 1.94. The lowest BCUT2D eigenvalue weighted by Gasteiger charge is -2.09. The third-order valence-electron chi connectivity index (χ3n) is 2.68. The van der Waals surface area contributed by atoms with Crippen LogP contribution in [-0.4, -0.2) is 19.1 Å². The maximum absolute atomic E-state index is 5.34. The third kappa shape index (κ3) is 2.11. The molecule has 0 aliphatic heterocycles. The van der Waals surface area contributed by atoms with Gasteiger partial charge in [-0.1, -0.05) is 0 Å². The molecule has 4 nitrogen and oxygen atoms in total. The fourth-order valence-corrected chi connectivity index (χ4v) is 1.94. The highest BCUT2D eigenvalue weighted by Gasteiger charge is 2.10. The quantitative estimate of drug-likeness (QED) is 0.883. The monoisotopic (exact) mass is 232 g/mol. The van der Waals surface area contributed by atoms with Crippen molar-refractivity contribution in [2.24, 2.45) is 0 Å². The van der Waals surface area contributed by atoms with E-state index in [0.29, 0.717) is 6.01 Å². The van der Waals surface area contributed by atoms with E-state index in [2.05, 4.69) is 10.3 Å². The highest BCUT2D eigenvalue weighted by atomic mass is 16.5. The molecule has 0 aliphatic rings. The molecular formula is C13H16N2O2. The Morgan fingerprint density at radius 2 is 1.88 bits per heavy atom. The van der Waals surface area contributed by atoms with Crippen molar-refractivity contribution in [2.75, 3.05) is 19.5 Å². The van der Waals surface area contributed by atoms with E-state index in [0.717, 1.165) is 28.1 Å². The maximum Gasteiger partial charge on any atom is 0.294 e. The average molecular weight is 232 g/mol. The molecule has 90 valence electrons. The minimum atomic E-state index is 0.520. The van der Waals surface area contributed by atoms with Gasteiger partial charge in [-0.05, 0) is 37.1 Å². The van der Waals surface area contributed by atoms with Gasteiger partial charge in [-0.2, -0.15) is 4.98 Å². The minimum absolute atomic E-state index is 0.520. The molecule has 4 heteroatoms. The van der Waals surface area contributed by atoms with Crippen LogP contribution in [0.1, 0.15) is 11.1 Å². The Kier molecular flexibility index (Phi) is 3.04. The summed E-state index contributed by atoms with van der Waals surface area (Å²) in [6.45, 7) is 4.04. The molecule has 0 saturated carbocycles. The topological polar surface area (TPSA) is 47.3 Å². The third-order valence-corrected chi connectivity index (χ3v) is 2.68. The molecule has 0 fully saturated rings. The number of hydrogen-bond acceptors (Lipinski definition) is 4. The van der Waals surface area contributed by atoms with E-state index in [-0.39, 0.29) is 0 Å². The summed E-state index contributed by atoms with van der Waals surface area (Å²) in [7, 11) is 3.46. The molecule has 0 unspecified atom stereocenters. The van der Waals surface area contributed by atoms with E-state index in [4.69, 9.17) is 9.15 Å². The van der Waals surface area contributed by atoms with Crippen molar-refractivity contribution in [3.63, 3.8) is 0 Å². The first-order valence-corrected chi connectivity index (χ1v) is 5.44. The lowest BCUT2D eigenvalue weighted by molar-refractivity contribution is 0.408. The highest BCUT2D eigenvalue weighted by molar-refractivity contribution is 5.64. The zero-order chi connectivity index (χ0) is 12.4. The van der Waals surface area contributed by atoms with Crippen molar-refractivity contribution in [2.45, 2.75) is 13.8 Å². The zero-order valence-electron chi connectivity index (χ0n) is 10.5. The summed E-state index contributed by atoms with van der Waals surface area (Å²) in [5, 5.41) is 2.87. The summed E-state index contributed by atoms with van der Waals surface area (Å²) in [4.78, 5) is 4.32. The van der Waals surface area contributed by atoms with Crippen LogP contribution < -0.4 is 10.1 Å². The Morgan fingerprint density at radius 3 is 2.35 bits per heavy atom. The number of ether oxygens (including phenoxy) is 1. The van der Waals surface area contributed by atoms with Gasteiger partial charge in [0.1, 0.15) is 17.7 Å². The molecule has 2 aromatic rings. The van der Waals surface area contributed by atoms with E-state index in [1.165, 1.54) is 0 Å². The van der Waals surface area contributed by atoms with Gasteiger partial charge >= 0.3 is 0 Å². The van der Waals surface area contributed by atoms with Crippen LogP contribution in [-0.2, 0) is 0 Å². The summed E-state index contributed by atoms with van der Waals surface area (Å²) < 4.78 is 10.6. The summed E-state index contributed by atoms with van der Waals surface area (Å²) in [6.07, 6.45) is 1.65. The van der Waals surface area contributed by atoms with Gasteiger partial charge in [0, 0.05) is 12.6 Å². The molecule has 0 radical (unpaired) electrons. The SMILES string of the molecule is CNc1nc(-c2cc(C)c(OC)c(C)c2)co1. The summed E-state index contributed by atoms with van der Waals surface area (Å²) in [5.74, 6) is 0.922. The average Bonchev–Trinajstić information content (AvgIpc) is 2.77. The first-order chi connectivity index (χ1) is 8.15. The number of oxazole rings is 1. The van der Waals surface area contributed by atoms with Crippen molar-refractivity contribution in [1.82, 2.24) is 4.98 Å². The lowest BCUT2D eigenvalue weighted by atomic mass is 10.0. The molecule has 0 aliphatic carbocycles. The predicted octanol–water partition coefficient (Wildman–Crippen LogP) is 3.01. The van der Waals surface area contributed by atoms with Gasteiger partial charge in [0.25, 0.3) is 6.01 Å². The number of benzene rings is 1. The van der Waals surface area contributed by atoms with Gasteiger partial charge in [0.2, 0.25) is 0 Å². The summed E-state index contributed by atoms with van der Waals surface area (Å²) in [5.41, 5.74) is 4.04. The van der Waals surface area contributed by atoms with Crippen LogP contribution in [0.3, 0.4) is 0 Å². The molecular weight excluding hydrogens is 216 g/mol. The minimum Gasteiger partial charge on any atom is -0.496 e. The van der Waals surface area contributed by atoms with Gasteiger partial charge < -0.3 is 14.5 Å². The lowest BCUT2D eigenvalue weighted by Crippen LogP contribution is -1.92. The first kappa shape index (κ1) is 11.5. The van der Waals surface area contributed by atoms with Crippen LogP contribution in [0.25, 0.3) is 11.3 Å². The number of rotatable bonds is 3. The van der Waals surface area contributed by atoms with Gasteiger partial charge in [-0.15, -0.1) is 0 Å². The molecule has 2 rings (SSSR count). The fraction of sp³-hybridized carbons (Fsp3) is 0.308. The number of aryl methyl sites for hydroxylation is 2. The van der Waals surface area contributed by atoms with Crippen molar-refractivity contribution < 1.29 is 9.15 Å². The molecule has 0 saturated heterocycles. The van der Waals surface area contributed by atoms with Crippen LogP contribution in [0.4, 0.5) is 6.01 Å². The molecule has 0 bridgehead atoms. The summed E-state index contributed by atoms with van der Waals surface area (Å²) in [6, 6.07) is 4.61.